The predicted molar refractivity (Wildman–Crippen MR) is 104 cm³/mol. The van der Waals surface area contributed by atoms with Crippen LogP contribution >= 0.6 is 0 Å². The summed E-state index contributed by atoms with van der Waals surface area (Å²) >= 11 is 0. The number of ether oxygens (including phenoxy) is 1. The molecule has 1 aromatic carbocycles. The maximum absolute atomic E-state index is 12.6. The predicted octanol–water partition coefficient (Wildman–Crippen LogP) is 2.76. The molecule has 0 aliphatic heterocycles. The molecule has 3 aromatic rings. The van der Waals surface area contributed by atoms with Gasteiger partial charge >= 0.3 is 0 Å². The first-order valence-electron chi connectivity index (χ1n) is 9.07. The van der Waals surface area contributed by atoms with Crippen LogP contribution in [0.2, 0.25) is 0 Å². The molecule has 1 amide bonds. The van der Waals surface area contributed by atoms with E-state index in [9.17, 15) is 9.59 Å². The van der Waals surface area contributed by atoms with E-state index >= 15 is 0 Å². The van der Waals surface area contributed by atoms with Crippen LogP contribution < -0.4 is 15.6 Å². The first-order chi connectivity index (χ1) is 13.1. The third-order valence-electron chi connectivity index (χ3n) is 4.24. The molecule has 6 nitrogen and oxygen atoms in total. The topological polar surface area (TPSA) is 72.7 Å². The van der Waals surface area contributed by atoms with Crippen LogP contribution in [0.1, 0.15) is 35.0 Å². The standard InChI is InChI=1S/C21H23N3O3/c1-3-12-27-17-8-5-7-16(13-17)10-11-22-20(25)18-14-23-19-9-4-6-15(2)24(19)21(18)26/h4-9,13-14H,3,10-12H2,1-2H3,(H,22,25). The molecule has 0 fully saturated rings. The van der Waals surface area contributed by atoms with Gasteiger partial charge in [0.25, 0.3) is 11.5 Å². The van der Waals surface area contributed by atoms with Crippen LogP contribution in [0.15, 0.2) is 53.5 Å². The minimum Gasteiger partial charge on any atom is -0.494 e. The van der Waals surface area contributed by atoms with E-state index in [0.717, 1.165) is 23.4 Å². The average molecular weight is 365 g/mol. The average Bonchev–Trinajstić information content (AvgIpc) is 2.67. The molecular weight excluding hydrogens is 342 g/mol. The molecule has 0 bridgehead atoms. The lowest BCUT2D eigenvalue weighted by Crippen LogP contribution is -2.33. The molecule has 0 atom stereocenters. The Kier molecular flexibility index (Phi) is 5.86. The summed E-state index contributed by atoms with van der Waals surface area (Å²) in [6.45, 7) is 4.97. The third kappa shape index (κ3) is 4.34. The van der Waals surface area contributed by atoms with Gasteiger partial charge in [-0.3, -0.25) is 14.0 Å². The number of rotatable bonds is 7. The number of carbonyl (C=O) groups is 1. The summed E-state index contributed by atoms with van der Waals surface area (Å²) < 4.78 is 7.07. The number of nitrogens with zero attached hydrogens (tertiary/aromatic N) is 2. The Labute approximate surface area is 157 Å². The lowest BCUT2D eigenvalue weighted by Gasteiger charge is -2.09. The van der Waals surface area contributed by atoms with E-state index in [0.29, 0.717) is 25.2 Å². The fourth-order valence-electron chi connectivity index (χ4n) is 2.86. The van der Waals surface area contributed by atoms with Crippen LogP contribution in [0.25, 0.3) is 5.65 Å². The van der Waals surface area contributed by atoms with Crippen LogP contribution in [-0.2, 0) is 6.42 Å². The number of hydrogen-bond donors (Lipinski definition) is 1. The number of nitrogens with one attached hydrogen (secondary N) is 1. The van der Waals surface area contributed by atoms with E-state index in [2.05, 4.69) is 17.2 Å². The maximum atomic E-state index is 12.6. The molecule has 0 spiro atoms. The molecule has 0 aliphatic rings. The first-order valence-corrected chi connectivity index (χ1v) is 9.07. The summed E-state index contributed by atoms with van der Waals surface area (Å²) in [6, 6.07) is 13.2. The van der Waals surface area contributed by atoms with E-state index in [4.69, 9.17) is 4.74 Å². The summed E-state index contributed by atoms with van der Waals surface area (Å²) in [5.74, 6) is 0.414. The molecule has 0 saturated carbocycles. The minimum absolute atomic E-state index is 0.0434. The Hall–Kier alpha value is -3.15. The number of aryl methyl sites for hydroxylation is 1. The van der Waals surface area contributed by atoms with Gasteiger partial charge in [-0.15, -0.1) is 0 Å². The molecular formula is C21H23N3O3. The fourth-order valence-corrected chi connectivity index (χ4v) is 2.86. The summed E-state index contributed by atoms with van der Waals surface area (Å²) in [5, 5.41) is 2.80. The molecule has 0 radical (unpaired) electrons. The second kappa shape index (κ2) is 8.49. The Balaban J connectivity index is 1.67. The van der Waals surface area contributed by atoms with Crippen molar-refractivity contribution in [2.45, 2.75) is 26.7 Å². The number of carbonyl (C=O) groups excluding carboxylic acids is 1. The molecule has 140 valence electrons. The SMILES string of the molecule is CCCOc1cccc(CCNC(=O)c2cnc3cccc(C)n3c2=O)c1. The van der Waals surface area contributed by atoms with Crippen LogP contribution in [0, 0.1) is 6.92 Å². The largest absolute Gasteiger partial charge is 0.494 e. The van der Waals surface area contributed by atoms with Crippen molar-refractivity contribution in [3.8, 4) is 5.75 Å². The van der Waals surface area contributed by atoms with E-state index in [1.165, 1.54) is 10.6 Å². The zero-order valence-corrected chi connectivity index (χ0v) is 15.6. The maximum Gasteiger partial charge on any atom is 0.270 e. The van der Waals surface area contributed by atoms with Crippen molar-refractivity contribution in [1.29, 1.82) is 0 Å². The summed E-state index contributed by atoms with van der Waals surface area (Å²) in [4.78, 5) is 29.3. The highest BCUT2D eigenvalue weighted by Crippen LogP contribution is 2.13. The molecule has 0 saturated heterocycles. The van der Waals surface area contributed by atoms with Crippen LogP contribution in [0.3, 0.4) is 0 Å². The monoisotopic (exact) mass is 365 g/mol. The summed E-state index contributed by atoms with van der Waals surface area (Å²) in [6.07, 6.45) is 2.94. The second-order valence-corrected chi connectivity index (χ2v) is 6.34. The minimum atomic E-state index is -0.413. The highest BCUT2D eigenvalue weighted by molar-refractivity contribution is 5.93. The number of benzene rings is 1. The Morgan fingerprint density at radius 3 is 2.85 bits per heavy atom. The van der Waals surface area contributed by atoms with Gasteiger partial charge in [0.2, 0.25) is 0 Å². The van der Waals surface area contributed by atoms with Gasteiger partial charge in [0.1, 0.15) is 17.0 Å². The quantitative estimate of drug-likeness (QED) is 0.699. The molecule has 2 heterocycles. The van der Waals surface area contributed by atoms with Gasteiger partial charge in [0, 0.05) is 18.4 Å². The molecule has 27 heavy (non-hydrogen) atoms. The number of aromatic nitrogens is 2. The van der Waals surface area contributed by atoms with Gasteiger partial charge in [-0.05, 0) is 49.6 Å². The van der Waals surface area contributed by atoms with Crippen molar-refractivity contribution in [2.75, 3.05) is 13.2 Å². The molecule has 3 rings (SSSR count). The van der Waals surface area contributed by atoms with Crippen LogP contribution in [-0.4, -0.2) is 28.4 Å². The van der Waals surface area contributed by atoms with Gasteiger partial charge in [-0.25, -0.2) is 4.98 Å². The van der Waals surface area contributed by atoms with E-state index in [1.54, 1.807) is 6.07 Å². The fraction of sp³-hybridized carbons (Fsp3) is 0.286. The Morgan fingerprint density at radius 2 is 2.04 bits per heavy atom. The smallest absolute Gasteiger partial charge is 0.270 e. The zero-order valence-electron chi connectivity index (χ0n) is 15.6. The normalized spacial score (nSPS) is 10.7. The highest BCUT2D eigenvalue weighted by atomic mass is 16.5. The van der Waals surface area contributed by atoms with Gasteiger partial charge in [0.15, 0.2) is 0 Å². The molecule has 1 N–H and O–H groups in total. The van der Waals surface area contributed by atoms with Gasteiger partial charge < -0.3 is 10.1 Å². The van der Waals surface area contributed by atoms with Crippen molar-refractivity contribution >= 4 is 11.6 Å². The van der Waals surface area contributed by atoms with Crippen molar-refractivity contribution in [1.82, 2.24) is 14.7 Å². The van der Waals surface area contributed by atoms with E-state index < -0.39 is 5.91 Å². The third-order valence-corrected chi connectivity index (χ3v) is 4.24. The Bertz CT molecular complexity index is 1010. The zero-order chi connectivity index (χ0) is 19.2. The number of pyridine rings is 1. The number of fused-ring (bicyclic) bond motifs is 1. The van der Waals surface area contributed by atoms with Gasteiger partial charge in [0.05, 0.1) is 6.61 Å². The van der Waals surface area contributed by atoms with Crippen LogP contribution in [0.5, 0.6) is 5.75 Å². The molecule has 0 aliphatic carbocycles. The lowest BCUT2D eigenvalue weighted by atomic mass is 10.1. The Morgan fingerprint density at radius 1 is 1.22 bits per heavy atom. The first kappa shape index (κ1) is 18.6. The lowest BCUT2D eigenvalue weighted by molar-refractivity contribution is 0.0952. The molecule has 6 heteroatoms. The van der Waals surface area contributed by atoms with Crippen molar-refractivity contribution in [2.24, 2.45) is 0 Å². The van der Waals surface area contributed by atoms with Gasteiger partial charge in [-0.2, -0.15) is 0 Å². The van der Waals surface area contributed by atoms with Crippen molar-refractivity contribution in [3.63, 3.8) is 0 Å². The second-order valence-electron chi connectivity index (χ2n) is 6.34. The van der Waals surface area contributed by atoms with Gasteiger partial charge in [-0.1, -0.05) is 25.1 Å². The van der Waals surface area contributed by atoms with E-state index in [-0.39, 0.29) is 11.1 Å². The van der Waals surface area contributed by atoms with Crippen molar-refractivity contribution < 1.29 is 9.53 Å². The number of amides is 1. The highest BCUT2D eigenvalue weighted by Gasteiger charge is 2.13. The van der Waals surface area contributed by atoms with Crippen molar-refractivity contribution in [3.05, 3.63) is 75.8 Å². The molecule has 2 aromatic heterocycles. The summed E-state index contributed by atoms with van der Waals surface area (Å²) in [7, 11) is 0. The molecule has 0 unspecified atom stereocenters. The number of hydrogen-bond acceptors (Lipinski definition) is 4. The van der Waals surface area contributed by atoms with Crippen LogP contribution in [0.4, 0.5) is 0 Å². The summed E-state index contributed by atoms with van der Waals surface area (Å²) in [5.41, 5.74) is 2.02. The van der Waals surface area contributed by atoms with E-state index in [1.807, 2.05) is 43.3 Å².